The Bertz CT molecular complexity index is 399. The van der Waals surface area contributed by atoms with E-state index in [-0.39, 0.29) is 5.92 Å². The van der Waals surface area contributed by atoms with Gasteiger partial charge in [-0.05, 0) is 25.3 Å². The summed E-state index contributed by atoms with van der Waals surface area (Å²) in [7, 11) is 1.97. The van der Waals surface area contributed by atoms with Crippen LogP contribution in [0, 0.1) is 11.8 Å². The molecule has 100 valence electrons. The predicted molar refractivity (Wildman–Crippen MR) is 71.0 cm³/mol. The van der Waals surface area contributed by atoms with Gasteiger partial charge < -0.3 is 10.3 Å². The maximum atomic E-state index is 12.3. The van der Waals surface area contributed by atoms with E-state index in [9.17, 15) is 4.79 Å². The van der Waals surface area contributed by atoms with Crippen LogP contribution in [0.5, 0.6) is 0 Å². The van der Waals surface area contributed by atoms with Gasteiger partial charge in [-0.1, -0.05) is 12.8 Å². The molecule has 1 saturated carbocycles. The molecule has 0 spiro atoms. The number of aryl methyl sites for hydroxylation is 2. The first-order valence-electron chi connectivity index (χ1n) is 6.91. The van der Waals surface area contributed by atoms with Crippen LogP contribution in [0.3, 0.4) is 0 Å². The zero-order valence-corrected chi connectivity index (χ0v) is 11.1. The van der Waals surface area contributed by atoms with Crippen molar-refractivity contribution in [1.82, 2.24) is 9.55 Å². The summed E-state index contributed by atoms with van der Waals surface area (Å²) in [6.45, 7) is 0.652. The Kier molecular flexibility index (Phi) is 4.53. The summed E-state index contributed by atoms with van der Waals surface area (Å²) in [4.78, 5) is 16.5. The summed E-state index contributed by atoms with van der Waals surface area (Å²) < 4.78 is 1.98. The summed E-state index contributed by atoms with van der Waals surface area (Å²) in [5.74, 6) is 1.98. The molecular formula is C14H23N3O. The molecule has 1 fully saturated rings. The van der Waals surface area contributed by atoms with E-state index in [4.69, 9.17) is 5.73 Å². The molecule has 1 heterocycles. The lowest BCUT2D eigenvalue weighted by molar-refractivity contribution is -0.125. The van der Waals surface area contributed by atoms with Gasteiger partial charge in [-0.15, -0.1) is 0 Å². The van der Waals surface area contributed by atoms with Crippen molar-refractivity contribution in [2.75, 3.05) is 6.54 Å². The van der Waals surface area contributed by atoms with Crippen molar-refractivity contribution >= 4 is 5.78 Å². The Morgan fingerprint density at radius 1 is 1.50 bits per heavy atom. The number of imidazole rings is 1. The molecule has 1 aromatic rings. The number of nitrogens with zero attached hydrogens (tertiary/aromatic N) is 2. The number of hydrogen-bond donors (Lipinski definition) is 1. The van der Waals surface area contributed by atoms with Crippen LogP contribution in [-0.2, 0) is 18.3 Å². The summed E-state index contributed by atoms with van der Waals surface area (Å²) in [5, 5.41) is 0. The van der Waals surface area contributed by atoms with Crippen LogP contribution >= 0.6 is 0 Å². The Hall–Kier alpha value is -1.16. The molecule has 0 radical (unpaired) electrons. The van der Waals surface area contributed by atoms with Crippen LogP contribution in [0.2, 0.25) is 0 Å². The van der Waals surface area contributed by atoms with Gasteiger partial charge >= 0.3 is 0 Å². The number of carbonyl (C=O) groups is 1. The molecule has 1 aromatic heterocycles. The molecule has 0 bridgehead atoms. The van der Waals surface area contributed by atoms with Crippen LogP contribution in [0.1, 0.15) is 37.9 Å². The molecule has 2 N–H and O–H groups in total. The third kappa shape index (κ3) is 2.99. The number of aromatic nitrogens is 2. The van der Waals surface area contributed by atoms with Crippen molar-refractivity contribution in [2.24, 2.45) is 24.6 Å². The van der Waals surface area contributed by atoms with E-state index in [0.717, 1.165) is 25.1 Å². The second-order valence-corrected chi connectivity index (χ2v) is 5.31. The highest BCUT2D eigenvalue weighted by atomic mass is 16.1. The highest BCUT2D eigenvalue weighted by Crippen LogP contribution is 2.30. The van der Waals surface area contributed by atoms with Crippen molar-refractivity contribution in [2.45, 2.75) is 38.5 Å². The lowest BCUT2D eigenvalue weighted by Gasteiger charge is -2.29. The second kappa shape index (κ2) is 6.14. The van der Waals surface area contributed by atoms with Crippen molar-refractivity contribution in [3.63, 3.8) is 0 Å². The quantitative estimate of drug-likeness (QED) is 0.863. The molecule has 0 amide bonds. The first-order valence-corrected chi connectivity index (χ1v) is 6.91. The van der Waals surface area contributed by atoms with E-state index in [1.807, 2.05) is 17.8 Å². The van der Waals surface area contributed by atoms with Crippen molar-refractivity contribution < 1.29 is 4.79 Å². The zero-order valence-electron chi connectivity index (χ0n) is 11.1. The number of carbonyl (C=O) groups excluding carboxylic acids is 1. The highest BCUT2D eigenvalue weighted by Gasteiger charge is 2.29. The van der Waals surface area contributed by atoms with Gasteiger partial charge in [-0.3, -0.25) is 4.79 Å². The molecule has 2 unspecified atom stereocenters. The smallest absolute Gasteiger partial charge is 0.136 e. The lowest BCUT2D eigenvalue weighted by Crippen LogP contribution is -2.32. The maximum absolute atomic E-state index is 12.3. The molecule has 4 nitrogen and oxygen atoms in total. The Morgan fingerprint density at radius 3 is 2.94 bits per heavy atom. The van der Waals surface area contributed by atoms with E-state index < -0.39 is 0 Å². The highest BCUT2D eigenvalue weighted by molar-refractivity contribution is 5.81. The molecule has 1 aliphatic rings. The molecule has 1 aliphatic carbocycles. The monoisotopic (exact) mass is 249 g/mol. The van der Waals surface area contributed by atoms with Gasteiger partial charge in [0.2, 0.25) is 0 Å². The average molecular weight is 249 g/mol. The van der Waals surface area contributed by atoms with E-state index in [1.165, 1.54) is 12.8 Å². The van der Waals surface area contributed by atoms with Gasteiger partial charge in [-0.2, -0.15) is 0 Å². The van der Waals surface area contributed by atoms with E-state index in [2.05, 4.69) is 4.98 Å². The number of hydrogen-bond acceptors (Lipinski definition) is 3. The lowest BCUT2D eigenvalue weighted by atomic mass is 9.76. The Labute approximate surface area is 109 Å². The van der Waals surface area contributed by atoms with Gasteiger partial charge in [0, 0.05) is 38.2 Å². The first kappa shape index (κ1) is 13.3. The number of nitrogens with two attached hydrogens (primary N) is 1. The molecule has 0 aromatic carbocycles. The van der Waals surface area contributed by atoms with Gasteiger partial charge in [0.05, 0.1) is 0 Å². The zero-order chi connectivity index (χ0) is 13.0. The van der Waals surface area contributed by atoms with Crippen molar-refractivity contribution in [1.29, 1.82) is 0 Å². The minimum absolute atomic E-state index is 0.198. The largest absolute Gasteiger partial charge is 0.338 e. The fraction of sp³-hybridized carbons (Fsp3) is 0.714. The summed E-state index contributed by atoms with van der Waals surface area (Å²) >= 11 is 0. The van der Waals surface area contributed by atoms with Crippen LogP contribution in [0.25, 0.3) is 0 Å². The fourth-order valence-electron chi connectivity index (χ4n) is 2.97. The van der Waals surface area contributed by atoms with Crippen LogP contribution < -0.4 is 5.73 Å². The summed E-state index contributed by atoms with van der Waals surface area (Å²) in [6.07, 6.45) is 9.60. The summed E-state index contributed by atoms with van der Waals surface area (Å²) in [6, 6.07) is 0. The van der Waals surface area contributed by atoms with Gasteiger partial charge in [0.15, 0.2) is 0 Å². The van der Waals surface area contributed by atoms with E-state index in [0.29, 0.717) is 24.7 Å². The third-order valence-electron chi connectivity index (χ3n) is 4.14. The fourth-order valence-corrected chi connectivity index (χ4v) is 2.97. The maximum Gasteiger partial charge on any atom is 0.136 e. The number of Topliss-reactive ketones (excluding diaryl/α,β-unsaturated/α-hetero) is 1. The third-order valence-corrected chi connectivity index (χ3v) is 4.14. The first-order chi connectivity index (χ1) is 8.72. The second-order valence-electron chi connectivity index (χ2n) is 5.31. The van der Waals surface area contributed by atoms with Crippen molar-refractivity contribution in [3.05, 3.63) is 18.2 Å². The minimum atomic E-state index is 0.198. The van der Waals surface area contributed by atoms with Crippen LogP contribution in [0.4, 0.5) is 0 Å². The number of ketones is 1. The predicted octanol–water partition coefficient (Wildman–Crippen LogP) is 1.69. The molecule has 4 heteroatoms. The van der Waals surface area contributed by atoms with E-state index >= 15 is 0 Å². The van der Waals surface area contributed by atoms with E-state index in [1.54, 1.807) is 6.20 Å². The van der Waals surface area contributed by atoms with Crippen molar-refractivity contribution in [3.8, 4) is 0 Å². The molecular weight excluding hydrogens is 226 g/mol. The van der Waals surface area contributed by atoms with Gasteiger partial charge in [0.1, 0.15) is 11.6 Å². The molecule has 2 rings (SSSR count). The SMILES string of the molecule is Cn1ccnc1CCC(=O)C1CCCCC1CN. The average Bonchev–Trinajstić information content (AvgIpc) is 2.81. The molecule has 0 saturated heterocycles. The molecule has 0 aliphatic heterocycles. The molecule has 18 heavy (non-hydrogen) atoms. The minimum Gasteiger partial charge on any atom is -0.338 e. The van der Waals surface area contributed by atoms with Crippen LogP contribution in [0.15, 0.2) is 12.4 Å². The number of rotatable bonds is 5. The van der Waals surface area contributed by atoms with Crippen LogP contribution in [-0.4, -0.2) is 21.9 Å². The van der Waals surface area contributed by atoms with Gasteiger partial charge in [-0.25, -0.2) is 4.98 Å². The Morgan fingerprint density at radius 2 is 2.28 bits per heavy atom. The molecule has 2 atom stereocenters. The Balaban J connectivity index is 1.89. The summed E-state index contributed by atoms with van der Waals surface area (Å²) in [5.41, 5.74) is 5.78. The van der Waals surface area contributed by atoms with Gasteiger partial charge in [0.25, 0.3) is 0 Å². The standard InChI is InChI=1S/C14H23N3O/c1-17-9-8-16-14(17)7-6-13(18)12-5-3-2-4-11(12)10-15/h8-9,11-12H,2-7,10,15H2,1H3. The normalized spacial score (nSPS) is 24.1. The topological polar surface area (TPSA) is 60.9 Å².